The van der Waals surface area contributed by atoms with Gasteiger partial charge in [-0.15, -0.1) is 11.8 Å². The average molecular weight is 275 g/mol. The zero-order chi connectivity index (χ0) is 13.7. The van der Waals surface area contributed by atoms with Crippen LogP contribution >= 0.6 is 11.8 Å². The highest BCUT2D eigenvalue weighted by atomic mass is 32.2. The Morgan fingerprint density at radius 3 is 2.79 bits per heavy atom. The molecule has 0 amide bonds. The Kier molecular flexibility index (Phi) is 4.77. The summed E-state index contributed by atoms with van der Waals surface area (Å²) in [6, 6.07) is 8.16. The van der Waals surface area contributed by atoms with Gasteiger partial charge in [0.15, 0.2) is 0 Å². The van der Waals surface area contributed by atoms with Gasteiger partial charge in [0, 0.05) is 23.2 Å². The highest BCUT2D eigenvalue weighted by Crippen LogP contribution is 2.23. The predicted octanol–water partition coefficient (Wildman–Crippen LogP) is 3.50. The fourth-order valence-electron chi connectivity index (χ4n) is 1.76. The lowest BCUT2D eigenvalue weighted by atomic mass is 10.0. The van der Waals surface area contributed by atoms with Crippen LogP contribution in [0.1, 0.15) is 27.2 Å². The van der Waals surface area contributed by atoms with Gasteiger partial charge in [-0.3, -0.25) is 0 Å². The molecule has 0 saturated carbocycles. The number of thioether (sulfide) groups is 1. The van der Waals surface area contributed by atoms with Crippen molar-refractivity contribution in [3.63, 3.8) is 0 Å². The SMILES string of the molecule is CCC(C)(C)NCCSc1ncnc2ccccc12. The van der Waals surface area contributed by atoms with Crippen molar-refractivity contribution in [2.45, 2.75) is 37.8 Å². The molecule has 0 fully saturated rings. The first kappa shape index (κ1) is 14.3. The normalized spacial score (nSPS) is 11.9. The van der Waals surface area contributed by atoms with Crippen LogP contribution in [-0.2, 0) is 0 Å². The van der Waals surface area contributed by atoms with E-state index in [1.807, 2.05) is 18.2 Å². The lowest BCUT2D eigenvalue weighted by Gasteiger charge is -2.24. The third kappa shape index (κ3) is 3.91. The van der Waals surface area contributed by atoms with Gasteiger partial charge in [0.05, 0.1) is 5.52 Å². The van der Waals surface area contributed by atoms with Crippen LogP contribution in [0.5, 0.6) is 0 Å². The van der Waals surface area contributed by atoms with Gasteiger partial charge in [-0.25, -0.2) is 9.97 Å². The second kappa shape index (κ2) is 6.35. The largest absolute Gasteiger partial charge is 0.311 e. The number of aromatic nitrogens is 2. The van der Waals surface area contributed by atoms with Crippen LogP contribution in [-0.4, -0.2) is 27.8 Å². The first-order valence-electron chi connectivity index (χ1n) is 6.70. The molecule has 4 heteroatoms. The predicted molar refractivity (Wildman–Crippen MR) is 82.6 cm³/mol. The molecule has 0 bridgehead atoms. The van der Waals surface area contributed by atoms with Crippen LogP contribution in [0.4, 0.5) is 0 Å². The Morgan fingerprint density at radius 2 is 2.00 bits per heavy atom. The minimum atomic E-state index is 0.217. The van der Waals surface area contributed by atoms with E-state index < -0.39 is 0 Å². The first-order valence-corrected chi connectivity index (χ1v) is 7.68. The fraction of sp³-hybridized carbons (Fsp3) is 0.467. The molecule has 0 radical (unpaired) electrons. The molecule has 0 spiro atoms. The number of nitrogens with one attached hydrogen (secondary N) is 1. The molecule has 2 rings (SSSR count). The van der Waals surface area contributed by atoms with E-state index in [9.17, 15) is 0 Å². The lowest BCUT2D eigenvalue weighted by molar-refractivity contribution is 0.388. The molecule has 0 unspecified atom stereocenters. The molecular formula is C15H21N3S. The van der Waals surface area contributed by atoms with Crippen LogP contribution in [0, 0.1) is 0 Å². The molecular weight excluding hydrogens is 254 g/mol. The monoisotopic (exact) mass is 275 g/mol. The standard InChI is InChI=1S/C15H21N3S/c1-4-15(2,3)18-9-10-19-14-12-7-5-6-8-13(12)16-11-17-14/h5-8,11,18H,4,9-10H2,1-3H3. The van der Waals surface area contributed by atoms with E-state index in [0.29, 0.717) is 0 Å². The molecule has 0 aliphatic rings. The van der Waals surface area contributed by atoms with Crippen LogP contribution in [0.15, 0.2) is 35.6 Å². The fourth-order valence-corrected chi connectivity index (χ4v) is 2.60. The van der Waals surface area contributed by atoms with Crippen molar-refractivity contribution in [3.05, 3.63) is 30.6 Å². The summed E-state index contributed by atoms with van der Waals surface area (Å²) in [5, 5.41) is 5.78. The molecule has 1 aromatic carbocycles. The van der Waals surface area contributed by atoms with E-state index in [2.05, 4.69) is 42.1 Å². The molecule has 0 atom stereocenters. The van der Waals surface area contributed by atoms with E-state index in [1.165, 1.54) is 0 Å². The minimum Gasteiger partial charge on any atom is -0.311 e. The van der Waals surface area contributed by atoms with Gasteiger partial charge in [-0.05, 0) is 26.3 Å². The Balaban J connectivity index is 1.95. The molecule has 1 aromatic heterocycles. The van der Waals surface area contributed by atoms with E-state index in [1.54, 1.807) is 18.1 Å². The maximum Gasteiger partial charge on any atom is 0.117 e. The minimum absolute atomic E-state index is 0.217. The summed E-state index contributed by atoms with van der Waals surface area (Å²) in [5.41, 5.74) is 1.23. The van der Waals surface area contributed by atoms with Crippen LogP contribution in [0.2, 0.25) is 0 Å². The van der Waals surface area contributed by atoms with Gasteiger partial charge in [0.2, 0.25) is 0 Å². The second-order valence-corrected chi connectivity index (χ2v) is 6.29. The van der Waals surface area contributed by atoms with Gasteiger partial charge in [0.25, 0.3) is 0 Å². The Morgan fingerprint density at radius 1 is 1.21 bits per heavy atom. The number of para-hydroxylation sites is 1. The van der Waals surface area contributed by atoms with Crippen molar-refractivity contribution >= 4 is 22.7 Å². The van der Waals surface area contributed by atoms with E-state index >= 15 is 0 Å². The average Bonchev–Trinajstić information content (AvgIpc) is 2.44. The first-order chi connectivity index (χ1) is 9.12. The molecule has 2 aromatic rings. The molecule has 0 aliphatic carbocycles. The molecule has 19 heavy (non-hydrogen) atoms. The van der Waals surface area contributed by atoms with Crippen LogP contribution in [0.3, 0.4) is 0 Å². The number of nitrogens with zero attached hydrogens (tertiary/aromatic N) is 2. The van der Waals surface area contributed by atoms with Crippen molar-refractivity contribution in [1.29, 1.82) is 0 Å². The molecule has 0 saturated heterocycles. The lowest BCUT2D eigenvalue weighted by Crippen LogP contribution is -2.39. The Hall–Kier alpha value is -1.13. The number of hydrogen-bond acceptors (Lipinski definition) is 4. The number of fused-ring (bicyclic) bond motifs is 1. The third-order valence-corrected chi connectivity index (χ3v) is 4.34. The maximum absolute atomic E-state index is 4.39. The summed E-state index contributed by atoms with van der Waals surface area (Å²) in [6.45, 7) is 7.66. The summed E-state index contributed by atoms with van der Waals surface area (Å²) < 4.78 is 0. The number of hydrogen-bond donors (Lipinski definition) is 1. The van der Waals surface area contributed by atoms with Gasteiger partial charge >= 0.3 is 0 Å². The molecule has 1 heterocycles. The van der Waals surface area contributed by atoms with Gasteiger partial charge in [-0.2, -0.15) is 0 Å². The second-order valence-electron chi connectivity index (χ2n) is 5.21. The summed E-state index contributed by atoms with van der Waals surface area (Å²) in [4.78, 5) is 8.67. The summed E-state index contributed by atoms with van der Waals surface area (Å²) in [6.07, 6.45) is 2.78. The van der Waals surface area contributed by atoms with E-state index in [4.69, 9.17) is 0 Å². The molecule has 1 N–H and O–H groups in total. The van der Waals surface area contributed by atoms with Crippen molar-refractivity contribution in [2.24, 2.45) is 0 Å². The highest BCUT2D eigenvalue weighted by Gasteiger charge is 2.13. The third-order valence-electron chi connectivity index (χ3n) is 3.33. The Bertz CT molecular complexity index is 534. The number of rotatable bonds is 6. The zero-order valence-electron chi connectivity index (χ0n) is 11.8. The summed E-state index contributed by atoms with van der Waals surface area (Å²) >= 11 is 1.79. The molecule has 102 valence electrons. The molecule has 3 nitrogen and oxygen atoms in total. The maximum atomic E-state index is 4.39. The summed E-state index contributed by atoms with van der Waals surface area (Å²) in [5.74, 6) is 1.02. The topological polar surface area (TPSA) is 37.8 Å². The van der Waals surface area contributed by atoms with Crippen LogP contribution < -0.4 is 5.32 Å². The van der Waals surface area contributed by atoms with Crippen LogP contribution in [0.25, 0.3) is 10.9 Å². The smallest absolute Gasteiger partial charge is 0.117 e. The zero-order valence-corrected chi connectivity index (χ0v) is 12.6. The highest BCUT2D eigenvalue weighted by molar-refractivity contribution is 7.99. The quantitative estimate of drug-likeness (QED) is 0.497. The van der Waals surface area contributed by atoms with Gasteiger partial charge < -0.3 is 5.32 Å². The van der Waals surface area contributed by atoms with E-state index in [0.717, 1.165) is 34.6 Å². The van der Waals surface area contributed by atoms with Gasteiger partial charge in [0.1, 0.15) is 11.4 Å². The molecule has 0 aliphatic heterocycles. The van der Waals surface area contributed by atoms with Crippen molar-refractivity contribution < 1.29 is 0 Å². The Labute approximate surface area is 119 Å². The van der Waals surface area contributed by atoms with Gasteiger partial charge in [-0.1, -0.05) is 25.1 Å². The van der Waals surface area contributed by atoms with Crippen molar-refractivity contribution in [3.8, 4) is 0 Å². The van der Waals surface area contributed by atoms with Crippen molar-refractivity contribution in [1.82, 2.24) is 15.3 Å². The summed E-state index contributed by atoms with van der Waals surface area (Å²) in [7, 11) is 0. The van der Waals surface area contributed by atoms with Crippen molar-refractivity contribution in [2.75, 3.05) is 12.3 Å². The number of benzene rings is 1. The van der Waals surface area contributed by atoms with E-state index in [-0.39, 0.29) is 5.54 Å².